The molecule has 1 amide bonds. The molecule has 2 saturated heterocycles. The summed E-state index contributed by atoms with van der Waals surface area (Å²) in [6.07, 6.45) is 4.34. The highest BCUT2D eigenvalue weighted by Crippen LogP contribution is 2.36. The van der Waals surface area contributed by atoms with Gasteiger partial charge in [0.2, 0.25) is 0 Å². The summed E-state index contributed by atoms with van der Waals surface area (Å²) in [5, 5.41) is 1.10. The van der Waals surface area contributed by atoms with Crippen molar-refractivity contribution in [2.75, 3.05) is 24.5 Å². The topological polar surface area (TPSA) is 36.4 Å². The highest BCUT2D eigenvalue weighted by Gasteiger charge is 2.32. The number of amides is 1. The first-order valence-corrected chi connectivity index (χ1v) is 12.0. The highest BCUT2D eigenvalue weighted by molar-refractivity contribution is 8.26. The predicted molar refractivity (Wildman–Crippen MR) is 132 cm³/mol. The summed E-state index contributed by atoms with van der Waals surface area (Å²) < 4.78 is 0.651. The molecule has 4 nitrogen and oxygen atoms in total. The van der Waals surface area contributed by atoms with Crippen LogP contribution in [-0.4, -0.2) is 39.7 Å². The molecule has 1 aromatic carbocycles. The molecule has 30 heavy (non-hydrogen) atoms. The van der Waals surface area contributed by atoms with Crippen molar-refractivity contribution in [3.8, 4) is 0 Å². The fraction of sp³-hybridized carbons (Fsp3) is 0.458. The second-order valence-electron chi connectivity index (χ2n) is 8.90. The number of carbonyl (C=O) groups excluding carboxylic acids is 1. The quantitative estimate of drug-likeness (QED) is 0.455. The standard InChI is InChI=1S/C24H29N3OS2/c1-15(2)14-27-23(28)20(30-24(27)29)13-19-12-18-7-5-6-17(4)21(18)25-22(19)26-10-8-16(3)9-11-26/h5-7,12-13,15-16H,8-11,14H2,1-4H3/b20-13-. The van der Waals surface area contributed by atoms with Crippen molar-refractivity contribution in [2.24, 2.45) is 11.8 Å². The summed E-state index contributed by atoms with van der Waals surface area (Å²) in [6.45, 7) is 11.3. The minimum absolute atomic E-state index is 0.0151. The lowest BCUT2D eigenvalue weighted by atomic mass is 9.98. The monoisotopic (exact) mass is 439 g/mol. The van der Waals surface area contributed by atoms with Gasteiger partial charge in [-0.1, -0.05) is 63.0 Å². The fourth-order valence-corrected chi connectivity index (χ4v) is 5.36. The Labute approximate surface area is 188 Å². The first-order chi connectivity index (χ1) is 14.3. The summed E-state index contributed by atoms with van der Waals surface area (Å²) >= 11 is 6.90. The number of aryl methyl sites for hydroxylation is 1. The van der Waals surface area contributed by atoms with Crippen LogP contribution in [-0.2, 0) is 4.79 Å². The number of para-hydroxylation sites is 1. The van der Waals surface area contributed by atoms with Crippen molar-refractivity contribution in [3.05, 3.63) is 40.3 Å². The van der Waals surface area contributed by atoms with Crippen molar-refractivity contribution in [1.82, 2.24) is 9.88 Å². The fourth-order valence-electron chi connectivity index (χ4n) is 4.10. The molecule has 4 rings (SSSR count). The zero-order chi connectivity index (χ0) is 21.4. The maximum atomic E-state index is 13.0. The lowest BCUT2D eigenvalue weighted by molar-refractivity contribution is -0.122. The molecule has 0 saturated carbocycles. The van der Waals surface area contributed by atoms with E-state index in [1.807, 2.05) is 6.08 Å². The lowest BCUT2D eigenvalue weighted by Gasteiger charge is -2.32. The molecule has 2 aliphatic heterocycles. The van der Waals surface area contributed by atoms with E-state index in [9.17, 15) is 4.79 Å². The normalized spacial score (nSPS) is 19.7. The van der Waals surface area contributed by atoms with Gasteiger partial charge in [0.05, 0.1) is 10.4 Å². The van der Waals surface area contributed by atoms with Crippen LogP contribution in [0, 0.1) is 18.8 Å². The average molecular weight is 440 g/mol. The number of nitrogens with zero attached hydrogens (tertiary/aromatic N) is 3. The minimum Gasteiger partial charge on any atom is -0.356 e. The molecule has 1 aromatic heterocycles. The first kappa shape index (κ1) is 21.3. The first-order valence-electron chi connectivity index (χ1n) is 10.7. The van der Waals surface area contributed by atoms with E-state index < -0.39 is 0 Å². The Bertz CT molecular complexity index is 1020. The molecule has 2 aromatic rings. The smallest absolute Gasteiger partial charge is 0.266 e. The summed E-state index contributed by atoms with van der Waals surface area (Å²) in [5.74, 6) is 2.13. The van der Waals surface area contributed by atoms with Crippen molar-refractivity contribution in [2.45, 2.75) is 40.5 Å². The van der Waals surface area contributed by atoms with Crippen molar-refractivity contribution >= 4 is 57.0 Å². The van der Waals surface area contributed by atoms with Crippen LogP contribution in [0.15, 0.2) is 29.2 Å². The zero-order valence-electron chi connectivity index (χ0n) is 18.1. The number of piperidine rings is 1. The van der Waals surface area contributed by atoms with E-state index >= 15 is 0 Å². The number of aromatic nitrogens is 1. The van der Waals surface area contributed by atoms with Crippen LogP contribution in [0.1, 0.15) is 44.7 Å². The average Bonchev–Trinajstić information content (AvgIpc) is 2.96. The Morgan fingerprint density at radius 3 is 2.73 bits per heavy atom. The van der Waals surface area contributed by atoms with Crippen LogP contribution < -0.4 is 4.90 Å². The van der Waals surface area contributed by atoms with Gasteiger partial charge < -0.3 is 4.90 Å². The predicted octanol–water partition coefficient (Wildman–Crippen LogP) is 5.64. The second kappa shape index (κ2) is 8.67. The molecule has 0 radical (unpaired) electrons. The highest BCUT2D eigenvalue weighted by atomic mass is 32.2. The van der Waals surface area contributed by atoms with Gasteiger partial charge in [-0.05, 0) is 49.3 Å². The van der Waals surface area contributed by atoms with Crippen molar-refractivity contribution in [3.63, 3.8) is 0 Å². The van der Waals surface area contributed by atoms with Crippen LogP contribution in [0.2, 0.25) is 0 Å². The Balaban J connectivity index is 1.77. The van der Waals surface area contributed by atoms with Gasteiger partial charge in [0, 0.05) is 30.6 Å². The molecule has 3 heterocycles. The van der Waals surface area contributed by atoms with Gasteiger partial charge in [0.1, 0.15) is 10.1 Å². The third-order valence-corrected chi connectivity index (χ3v) is 7.22. The van der Waals surface area contributed by atoms with Gasteiger partial charge in [-0.3, -0.25) is 9.69 Å². The number of carbonyl (C=O) groups is 1. The van der Waals surface area contributed by atoms with Crippen LogP contribution in [0.5, 0.6) is 0 Å². The van der Waals surface area contributed by atoms with E-state index in [-0.39, 0.29) is 5.91 Å². The van der Waals surface area contributed by atoms with E-state index in [0.717, 1.165) is 41.3 Å². The largest absolute Gasteiger partial charge is 0.356 e. The number of rotatable bonds is 4. The number of thioether (sulfide) groups is 1. The Kier molecular flexibility index (Phi) is 6.16. The number of hydrogen-bond acceptors (Lipinski definition) is 5. The van der Waals surface area contributed by atoms with E-state index in [0.29, 0.717) is 21.7 Å². The molecule has 6 heteroatoms. The molecule has 0 N–H and O–H groups in total. The molecule has 2 aliphatic rings. The minimum atomic E-state index is 0.0151. The van der Waals surface area contributed by atoms with Gasteiger partial charge in [-0.25, -0.2) is 4.98 Å². The molecular weight excluding hydrogens is 410 g/mol. The maximum absolute atomic E-state index is 13.0. The van der Waals surface area contributed by atoms with E-state index in [1.54, 1.807) is 4.90 Å². The summed E-state index contributed by atoms with van der Waals surface area (Å²) in [5.41, 5.74) is 3.22. The zero-order valence-corrected chi connectivity index (χ0v) is 19.8. The second-order valence-corrected chi connectivity index (χ2v) is 10.6. The van der Waals surface area contributed by atoms with Crippen LogP contribution in [0.25, 0.3) is 17.0 Å². The Hall–Kier alpha value is -1.92. The lowest BCUT2D eigenvalue weighted by Crippen LogP contribution is -2.34. The third-order valence-electron chi connectivity index (χ3n) is 5.85. The van der Waals surface area contributed by atoms with Crippen LogP contribution >= 0.6 is 24.0 Å². The molecular formula is C24H29N3OS2. The van der Waals surface area contributed by atoms with Gasteiger partial charge in [0.25, 0.3) is 5.91 Å². The van der Waals surface area contributed by atoms with E-state index in [4.69, 9.17) is 17.2 Å². The third kappa shape index (κ3) is 4.26. The van der Waals surface area contributed by atoms with Crippen LogP contribution in [0.4, 0.5) is 5.82 Å². The van der Waals surface area contributed by atoms with Gasteiger partial charge in [-0.2, -0.15) is 0 Å². The number of anilines is 1. The molecule has 158 valence electrons. The number of hydrogen-bond donors (Lipinski definition) is 0. The molecule has 0 aliphatic carbocycles. The summed E-state index contributed by atoms with van der Waals surface area (Å²) in [6, 6.07) is 8.44. The van der Waals surface area contributed by atoms with E-state index in [2.05, 4.69) is 56.9 Å². The number of thiocarbonyl (C=S) groups is 1. The maximum Gasteiger partial charge on any atom is 0.266 e. The van der Waals surface area contributed by atoms with Gasteiger partial charge >= 0.3 is 0 Å². The van der Waals surface area contributed by atoms with Gasteiger partial charge in [-0.15, -0.1) is 0 Å². The van der Waals surface area contributed by atoms with Crippen molar-refractivity contribution in [1.29, 1.82) is 0 Å². The molecule has 0 atom stereocenters. The molecule has 0 bridgehead atoms. The molecule has 0 spiro atoms. The SMILES string of the molecule is Cc1cccc2cc(/C=C3\SC(=S)N(CC(C)C)C3=O)c(N3CCC(C)CC3)nc12. The van der Waals surface area contributed by atoms with Crippen LogP contribution in [0.3, 0.4) is 0 Å². The van der Waals surface area contributed by atoms with Gasteiger partial charge in [0.15, 0.2) is 0 Å². The molecule has 0 unspecified atom stereocenters. The van der Waals surface area contributed by atoms with Crippen molar-refractivity contribution < 1.29 is 4.79 Å². The number of fused-ring (bicyclic) bond motifs is 1. The Morgan fingerprint density at radius 2 is 2.03 bits per heavy atom. The number of pyridine rings is 1. The number of benzene rings is 1. The van der Waals surface area contributed by atoms with E-state index in [1.165, 1.54) is 30.2 Å². The molecule has 2 fully saturated rings. The summed E-state index contributed by atoms with van der Waals surface area (Å²) in [7, 11) is 0. The summed E-state index contributed by atoms with van der Waals surface area (Å²) in [4.78, 5) is 22.9. The Morgan fingerprint density at radius 1 is 1.30 bits per heavy atom.